The number of rotatable bonds is 5. The lowest BCUT2D eigenvalue weighted by Crippen LogP contribution is -2.01. The van der Waals surface area contributed by atoms with E-state index in [4.69, 9.17) is 0 Å². The number of hydrazone groups is 1. The molecule has 0 heterocycles. The third-order valence-corrected chi connectivity index (χ3v) is 2.76. The largest absolute Gasteiger partial charge is 0.388 e. The number of hydrogen-bond donors (Lipinski definition) is 2. The van der Waals surface area contributed by atoms with E-state index in [2.05, 4.69) is 46.2 Å². The van der Waals surface area contributed by atoms with E-state index in [0.717, 1.165) is 11.3 Å². The Morgan fingerprint density at radius 2 is 2.17 bits per heavy atom. The Bertz CT molecular complexity index is 578. The van der Waals surface area contributed by atoms with Gasteiger partial charge in [-0.05, 0) is 17.0 Å². The second-order valence-electron chi connectivity index (χ2n) is 3.87. The van der Waals surface area contributed by atoms with Crippen LogP contribution >= 0.6 is 0 Å². The molecule has 0 atom stereocenters. The van der Waals surface area contributed by atoms with Crippen molar-refractivity contribution >= 4 is 29.1 Å². The molecule has 0 aliphatic carbocycles. The van der Waals surface area contributed by atoms with Crippen LogP contribution in [0, 0.1) is 0 Å². The molecule has 0 bridgehead atoms. The number of amides is 1. The van der Waals surface area contributed by atoms with Crippen molar-refractivity contribution in [1.29, 1.82) is 0 Å². The number of nitrogens with one attached hydrogen (secondary N) is 2. The van der Waals surface area contributed by atoms with Crippen LogP contribution in [0.5, 0.6) is 0 Å². The summed E-state index contributed by atoms with van der Waals surface area (Å²) in [4.78, 5) is 10.0. The average Bonchev–Trinajstić information content (AvgIpc) is 2.42. The Kier molecular flexibility index (Phi) is 3.91. The molecule has 18 heavy (non-hydrogen) atoms. The smallest absolute Gasteiger partial charge is 0.227 e. The maximum Gasteiger partial charge on any atom is 0.227 e. The van der Waals surface area contributed by atoms with E-state index in [9.17, 15) is 4.79 Å². The molecular formula is C14H15N3O. The SMILES string of the molecule is CNc1cccc2cc(CC=NNC=O)ccc12. The topological polar surface area (TPSA) is 53.5 Å². The second-order valence-corrected chi connectivity index (χ2v) is 3.87. The second kappa shape index (κ2) is 5.82. The zero-order valence-corrected chi connectivity index (χ0v) is 10.2. The van der Waals surface area contributed by atoms with Gasteiger partial charge in [-0.1, -0.05) is 30.3 Å². The van der Waals surface area contributed by atoms with Gasteiger partial charge in [0.15, 0.2) is 0 Å². The monoisotopic (exact) mass is 241 g/mol. The molecule has 0 unspecified atom stereocenters. The van der Waals surface area contributed by atoms with Gasteiger partial charge in [0.1, 0.15) is 0 Å². The third-order valence-electron chi connectivity index (χ3n) is 2.76. The predicted molar refractivity (Wildman–Crippen MR) is 74.9 cm³/mol. The molecule has 0 spiro atoms. The number of carbonyl (C=O) groups excluding carboxylic acids is 1. The number of benzene rings is 2. The fraction of sp³-hybridized carbons (Fsp3) is 0.143. The molecule has 92 valence electrons. The zero-order chi connectivity index (χ0) is 12.8. The lowest BCUT2D eigenvalue weighted by atomic mass is 10.0. The lowest BCUT2D eigenvalue weighted by Gasteiger charge is -2.06. The first kappa shape index (κ1) is 12.1. The van der Waals surface area contributed by atoms with Crippen LogP contribution in [-0.4, -0.2) is 19.7 Å². The minimum absolute atomic E-state index is 0.552. The molecule has 2 N–H and O–H groups in total. The Morgan fingerprint density at radius 3 is 2.94 bits per heavy atom. The van der Waals surface area contributed by atoms with Gasteiger partial charge >= 0.3 is 0 Å². The van der Waals surface area contributed by atoms with Crippen molar-refractivity contribution in [3.63, 3.8) is 0 Å². The zero-order valence-electron chi connectivity index (χ0n) is 10.2. The van der Waals surface area contributed by atoms with Crippen LogP contribution in [0.2, 0.25) is 0 Å². The quantitative estimate of drug-likeness (QED) is 0.479. The van der Waals surface area contributed by atoms with E-state index in [1.165, 1.54) is 10.8 Å². The summed E-state index contributed by atoms with van der Waals surface area (Å²) in [7, 11) is 1.92. The fourth-order valence-electron chi connectivity index (χ4n) is 1.91. The molecular weight excluding hydrogens is 226 g/mol. The molecule has 0 aromatic heterocycles. The molecule has 2 aromatic rings. The van der Waals surface area contributed by atoms with Crippen molar-refractivity contribution in [1.82, 2.24) is 5.43 Å². The molecule has 0 aliphatic heterocycles. The molecule has 0 aliphatic rings. The Hall–Kier alpha value is -2.36. The van der Waals surface area contributed by atoms with E-state index in [-0.39, 0.29) is 0 Å². The fourth-order valence-corrected chi connectivity index (χ4v) is 1.91. The summed E-state index contributed by atoms with van der Waals surface area (Å²) in [6.45, 7) is 0. The Morgan fingerprint density at radius 1 is 1.28 bits per heavy atom. The van der Waals surface area contributed by atoms with Crippen LogP contribution in [0.4, 0.5) is 5.69 Å². The van der Waals surface area contributed by atoms with E-state index in [1.807, 2.05) is 13.1 Å². The molecule has 0 saturated carbocycles. The van der Waals surface area contributed by atoms with Crippen LogP contribution < -0.4 is 10.7 Å². The van der Waals surface area contributed by atoms with Crippen LogP contribution in [-0.2, 0) is 11.2 Å². The van der Waals surface area contributed by atoms with E-state index in [0.29, 0.717) is 12.8 Å². The van der Waals surface area contributed by atoms with Crippen molar-refractivity contribution in [3.05, 3.63) is 42.0 Å². The maximum absolute atomic E-state index is 10.0. The predicted octanol–water partition coefficient (Wildman–Crippen LogP) is 2.16. The summed E-state index contributed by atoms with van der Waals surface area (Å²) in [5, 5.41) is 9.31. The lowest BCUT2D eigenvalue weighted by molar-refractivity contribution is -0.109. The minimum atomic E-state index is 0.552. The van der Waals surface area contributed by atoms with Gasteiger partial charge in [0.25, 0.3) is 0 Å². The van der Waals surface area contributed by atoms with Gasteiger partial charge < -0.3 is 5.32 Å². The number of anilines is 1. The van der Waals surface area contributed by atoms with Crippen LogP contribution in [0.1, 0.15) is 5.56 Å². The van der Waals surface area contributed by atoms with E-state index in [1.54, 1.807) is 6.21 Å². The Labute approximate surface area is 106 Å². The normalized spacial score (nSPS) is 10.7. The van der Waals surface area contributed by atoms with Crippen LogP contribution in [0.25, 0.3) is 10.8 Å². The summed E-state index contributed by atoms with van der Waals surface area (Å²) in [6, 6.07) is 12.5. The maximum atomic E-state index is 10.0. The van der Waals surface area contributed by atoms with Gasteiger partial charge in [0, 0.05) is 30.8 Å². The number of hydrogen-bond acceptors (Lipinski definition) is 3. The molecule has 0 radical (unpaired) electrons. The summed E-state index contributed by atoms with van der Waals surface area (Å²) < 4.78 is 0. The molecule has 2 aromatic carbocycles. The van der Waals surface area contributed by atoms with Crippen LogP contribution in [0.15, 0.2) is 41.5 Å². The first-order valence-electron chi connectivity index (χ1n) is 5.75. The van der Waals surface area contributed by atoms with Gasteiger partial charge in [-0.3, -0.25) is 10.2 Å². The first-order valence-corrected chi connectivity index (χ1v) is 5.75. The summed E-state index contributed by atoms with van der Waals surface area (Å²) in [5.74, 6) is 0. The van der Waals surface area contributed by atoms with Gasteiger partial charge in [-0.15, -0.1) is 0 Å². The van der Waals surface area contributed by atoms with Crippen molar-refractivity contribution in [3.8, 4) is 0 Å². The van der Waals surface area contributed by atoms with Crippen molar-refractivity contribution in [2.24, 2.45) is 5.10 Å². The highest BCUT2D eigenvalue weighted by atomic mass is 16.1. The highest BCUT2D eigenvalue weighted by Gasteiger charge is 1.99. The van der Waals surface area contributed by atoms with Gasteiger partial charge in [-0.25, -0.2) is 0 Å². The van der Waals surface area contributed by atoms with Gasteiger partial charge in [-0.2, -0.15) is 5.10 Å². The molecule has 0 fully saturated rings. The van der Waals surface area contributed by atoms with E-state index < -0.39 is 0 Å². The van der Waals surface area contributed by atoms with Crippen LogP contribution in [0.3, 0.4) is 0 Å². The number of carbonyl (C=O) groups is 1. The molecule has 0 saturated heterocycles. The van der Waals surface area contributed by atoms with Gasteiger partial charge in [0.2, 0.25) is 6.41 Å². The van der Waals surface area contributed by atoms with Crippen molar-refractivity contribution < 1.29 is 4.79 Å². The highest BCUT2D eigenvalue weighted by Crippen LogP contribution is 2.23. The van der Waals surface area contributed by atoms with E-state index >= 15 is 0 Å². The summed E-state index contributed by atoms with van der Waals surface area (Å²) in [5.41, 5.74) is 4.53. The van der Waals surface area contributed by atoms with Crippen molar-refractivity contribution in [2.45, 2.75) is 6.42 Å². The average molecular weight is 241 g/mol. The highest BCUT2D eigenvalue weighted by molar-refractivity contribution is 5.94. The molecule has 1 amide bonds. The van der Waals surface area contributed by atoms with Gasteiger partial charge in [0.05, 0.1) is 0 Å². The first-order chi connectivity index (χ1) is 8.85. The summed E-state index contributed by atoms with van der Waals surface area (Å²) >= 11 is 0. The Balaban J connectivity index is 2.25. The minimum Gasteiger partial charge on any atom is -0.388 e. The number of fused-ring (bicyclic) bond motifs is 1. The summed E-state index contributed by atoms with van der Waals surface area (Å²) in [6.07, 6.45) is 2.92. The number of nitrogens with zero attached hydrogens (tertiary/aromatic N) is 1. The molecule has 2 rings (SSSR count). The molecule has 4 heteroatoms. The molecule has 4 nitrogen and oxygen atoms in total. The standard InChI is InChI=1S/C14H15N3O/c1-15-14-4-2-3-12-9-11(5-6-13(12)14)7-8-16-17-10-18/h2-6,8-10,15H,7H2,1H3,(H,17,18). The third kappa shape index (κ3) is 2.66. The van der Waals surface area contributed by atoms with Crippen molar-refractivity contribution in [2.75, 3.05) is 12.4 Å².